The molecule has 1 aromatic carbocycles. The number of benzene rings is 1. The molecule has 0 saturated carbocycles. The van der Waals surface area contributed by atoms with Crippen LogP contribution in [0.4, 0.5) is 13.2 Å². The van der Waals surface area contributed by atoms with Crippen molar-refractivity contribution in [2.45, 2.75) is 12.6 Å². The van der Waals surface area contributed by atoms with Crippen LogP contribution in [-0.2, 0) is 9.59 Å². The molecule has 0 unspecified atom stereocenters. The lowest BCUT2D eigenvalue weighted by molar-refractivity contribution is -0.173. The number of carbonyl (C=O) groups is 2. The molecule has 0 aliphatic heterocycles. The van der Waals surface area contributed by atoms with E-state index in [1.54, 1.807) is 35.7 Å². The molecule has 1 aromatic rings. The second-order valence-corrected chi connectivity index (χ2v) is 4.51. The van der Waals surface area contributed by atoms with E-state index in [9.17, 15) is 22.8 Å². The second kappa shape index (κ2) is 8.82. The number of halogens is 3. The summed E-state index contributed by atoms with van der Waals surface area (Å²) < 4.78 is 40.8. The van der Waals surface area contributed by atoms with Crippen LogP contribution in [0.1, 0.15) is 12.0 Å². The smallest absolute Gasteiger partial charge is 0.471 e. The summed E-state index contributed by atoms with van der Waals surface area (Å²) >= 11 is 0. The molecule has 0 bridgehead atoms. The highest BCUT2D eigenvalue weighted by Crippen LogP contribution is 2.14. The van der Waals surface area contributed by atoms with Gasteiger partial charge in [0.25, 0.3) is 0 Å². The van der Waals surface area contributed by atoms with Crippen molar-refractivity contribution < 1.29 is 27.5 Å². The minimum atomic E-state index is -4.89. The Bertz CT molecular complexity index is 571. The van der Waals surface area contributed by atoms with Gasteiger partial charge in [0.2, 0.25) is 5.91 Å². The summed E-state index contributed by atoms with van der Waals surface area (Å²) in [5, 5.41) is 4.22. The quantitative estimate of drug-likeness (QED) is 0.593. The maximum Gasteiger partial charge on any atom is 0.471 e. The molecular formula is C15H17F3N2O3. The molecule has 0 fully saturated rings. The minimum absolute atomic E-state index is 0.152. The Kier molecular flexibility index (Phi) is 7.11. The predicted molar refractivity (Wildman–Crippen MR) is 78.7 cm³/mol. The molecule has 126 valence electrons. The lowest BCUT2D eigenvalue weighted by Gasteiger charge is -2.07. The fourth-order valence-electron chi connectivity index (χ4n) is 1.58. The summed E-state index contributed by atoms with van der Waals surface area (Å²) in [5.74, 6) is -1.70. The van der Waals surface area contributed by atoms with Crippen LogP contribution in [0.2, 0.25) is 0 Å². The molecule has 0 atom stereocenters. The Morgan fingerprint density at radius 1 is 1.22 bits per heavy atom. The number of ether oxygens (including phenoxy) is 1. The molecule has 8 heteroatoms. The van der Waals surface area contributed by atoms with Crippen molar-refractivity contribution in [2.75, 3.05) is 20.2 Å². The van der Waals surface area contributed by atoms with E-state index in [-0.39, 0.29) is 25.4 Å². The third kappa shape index (κ3) is 7.35. The van der Waals surface area contributed by atoms with E-state index in [1.165, 1.54) is 13.2 Å². The van der Waals surface area contributed by atoms with Crippen molar-refractivity contribution >= 4 is 17.9 Å². The van der Waals surface area contributed by atoms with Gasteiger partial charge in [0, 0.05) is 19.2 Å². The van der Waals surface area contributed by atoms with Gasteiger partial charge in [-0.1, -0.05) is 12.1 Å². The minimum Gasteiger partial charge on any atom is -0.497 e. The summed E-state index contributed by atoms with van der Waals surface area (Å²) in [6, 6.07) is 7.09. The zero-order valence-corrected chi connectivity index (χ0v) is 12.4. The molecule has 0 radical (unpaired) electrons. The average Bonchev–Trinajstić information content (AvgIpc) is 2.51. The Morgan fingerprint density at radius 3 is 2.57 bits per heavy atom. The Balaban J connectivity index is 2.26. The molecule has 0 aromatic heterocycles. The maximum atomic E-state index is 11.9. The number of carbonyl (C=O) groups excluding carboxylic acids is 2. The first-order chi connectivity index (χ1) is 10.8. The van der Waals surface area contributed by atoms with Gasteiger partial charge in [0.15, 0.2) is 0 Å². The molecule has 0 heterocycles. The fraction of sp³-hybridized carbons (Fsp3) is 0.333. The highest BCUT2D eigenvalue weighted by atomic mass is 19.4. The van der Waals surface area contributed by atoms with Crippen molar-refractivity contribution in [3.63, 3.8) is 0 Å². The van der Waals surface area contributed by atoms with Gasteiger partial charge in [-0.25, -0.2) is 0 Å². The van der Waals surface area contributed by atoms with Gasteiger partial charge in [-0.05, 0) is 30.2 Å². The van der Waals surface area contributed by atoms with Crippen LogP contribution in [0.5, 0.6) is 5.75 Å². The Hall–Kier alpha value is -2.51. The molecule has 23 heavy (non-hydrogen) atoms. The van der Waals surface area contributed by atoms with Crippen LogP contribution in [-0.4, -0.2) is 38.2 Å². The van der Waals surface area contributed by atoms with E-state index in [1.807, 2.05) is 0 Å². The van der Waals surface area contributed by atoms with Gasteiger partial charge in [0.05, 0.1) is 7.11 Å². The maximum absolute atomic E-state index is 11.9. The molecule has 1 rings (SSSR count). The zero-order chi connectivity index (χ0) is 17.3. The molecule has 0 aliphatic carbocycles. The van der Waals surface area contributed by atoms with Gasteiger partial charge in [-0.3, -0.25) is 9.59 Å². The lowest BCUT2D eigenvalue weighted by atomic mass is 10.2. The van der Waals surface area contributed by atoms with E-state index in [4.69, 9.17) is 4.74 Å². The van der Waals surface area contributed by atoms with Crippen LogP contribution in [0.25, 0.3) is 6.08 Å². The largest absolute Gasteiger partial charge is 0.497 e. The lowest BCUT2D eigenvalue weighted by Crippen LogP contribution is -2.38. The van der Waals surface area contributed by atoms with Crippen LogP contribution in [0, 0.1) is 0 Å². The van der Waals surface area contributed by atoms with Gasteiger partial charge in [0.1, 0.15) is 5.75 Å². The van der Waals surface area contributed by atoms with Crippen molar-refractivity contribution in [1.82, 2.24) is 10.6 Å². The first-order valence-corrected chi connectivity index (χ1v) is 6.78. The number of alkyl halides is 3. The van der Waals surface area contributed by atoms with Gasteiger partial charge in [-0.15, -0.1) is 0 Å². The van der Waals surface area contributed by atoms with Gasteiger partial charge >= 0.3 is 12.1 Å². The van der Waals surface area contributed by atoms with Crippen molar-refractivity contribution in [3.8, 4) is 5.75 Å². The third-order valence-corrected chi connectivity index (χ3v) is 2.72. The average molecular weight is 330 g/mol. The Morgan fingerprint density at radius 2 is 1.91 bits per heavy atom. The van der Waals surface area contributed by atoms with Crippen LogP contribution >= 0.6 is 0 Å². The number of amides is 2. The third-order valence-electron chi connectivity index (χ3n) is 2.72. The van der Waals surface area contributed by atoms with Crippen molar-refractivity contribution in [1.29, 1.82) is 0 Å². The number of hydrogen-bond donors (Lipinski definition) is 2. The van der Waals surface area contributed by atoms with E-state index in [0.717, 1.165) is 5.56 Å². The van der Waals surface area contributed by atoms with E-state index < -0.39 is 12.1 Å². The first-order valence-electron chi connectivity index (χ1n) is 6.78. The van der Waals surface area contributed by atoms with Crippen LogP contribution in [0.15, 0.2) is 30.3 Å². The van der Waals surface area contributed by atoms with Gasteiger partial charge < -0.3 is 15.4 Å². The first kappa shape index (κ1) is 18.5. The molecule has 0 saturated heterocycles. The van der Waals surface area contributed by atoms with E-state index in [2.05, 4.69) is 5.32 Å². The molecule has 2 amide bonds. The monoisotopic (exact) mass is 330 g/mol. The number of nitrogens with one attached hydrogen (secondary N) is 2. The summed E-state index contributed by atoms with van der Waals surface area (Å²) in [6.45, 7) is -0.0162. The fourth-order valence-corrected chi connectivity index (χ4v) is 1.58. The van der Waals surface area contributed by atoms with Gasteiger partial charge in [-0.2, -0.15) is 13.2 Å². The highest BCUT2D eigenvalue weighted by molar-refractivity contribution is 5.91. The topological polar surface area (TPSA) is 67.4 Å². The summed E-state index contributed by atoms with van der Waals surface area (Å²) in [5.41, 5.74) is 0.775. The second-order valence-electron chi connectivity index (χ2n) is 4.51. The molecular weight excluding hydrogens is 313 g/mol. The Labute approximate surface area is 131 Å². The predicted octanol–water partition coefficient (Wildman–Crippen LogP) is 1.89. The summed E-state index contributed by atoms with van der Waals surface area (Å²) in [7, 11) is 1.53. The number of hydrogen-bond acceptors (Lipinski definition) is 3. The zero-order valence-electron chi connectivity index (χ0n) is 12.4. The number of methoxy groups -OCH3 is 1. The molecule has 0 spiro atoms. The van der Waals surface area contributed by atoms with E-state index in [0.29, 0.717) is 5.75 Å². The van der Waals surface area contributed by atoms with Crippen LogP contribution < -0.4 is 15.4 Å². The summed E-state index contributed by atoms with van der Waals surface area (Å²) in [6.07, 6.45) is -1.80. The van der Waals surface area contributed by atoms with E-state index >= 15 is 0 Å². The summed E-state index contributed by atoms with van der Waals surface area (Å²) in [4.78, 5) is 22.1. The van der Waals surface area contributed by atoms with Crippen LogP contribution in [0.3, 0.4) is 0 Å². The molecule has 0 aliphatic rings. The highest BCUT2D eigenvalue weighted by Gasteiger charge is 2.38. The molecule has 2 N–H and O–H groups in total. The standard InChI is InChI=1S/C15H17F3N2O3/c1-23-12-5-2-4-11(10-12)6-7-13(21)19-8-3-9-20-14(22)15(16,17)18/h2,4-7,10H,3,8-9H2,1H3,(H,19,21)(H,20,22)/b7-6+. The van der Waals surface area contributed by atoms with Crippen molar-refractivity contribution in [2.24, 2.45) is 0 Å². The molecule has 5 nitrogen and oxygen atoms in total. The SMILES string of the molecule is COc1cccc(/C=C/C(=O)NCCCNC(=O)C(F)(F)F)c1. The van der Waals surface area contributed by atoms with Crippen molar-refractivity contribution in [3.05, 3.63) is 35.9 Å². The normalized spacial score (nSPS) is 11.3. The number of rotatable bonds is 7.